The summed E-state index contributed by atoms with van der Waals surface area (Å²) < 4.78 is 19.2. The number of nitrogens with one attached hydrogen (secondary N) is 1. The molecule has 0 aliphatic rings. The van der Waals surface area contributed by atoms with Gasteiger partial charge in [0.25, 0.3) is 5.91 Å². The molecule has 4 aromatic rings. The van der Waals surface area contributed by atoms with E-state index >= 15 is 0 Å². The van der Waals surface area contributed by atoms with Crippen molar-refractivity contribution in [2.75, 3.05) is 12.4 Å². The first-order valence-electron chi connectivity index (χ1n) is 10.3. The minimum Gasteiger partial charge on any atom is -0.477 e. The van der Waals surface area contributed by atoms with E-state index in [1.54, 1.807) is 66.3 Å². The van der Waals surface area contributed by atoms with Crippen molar-refractivity contribution in [2.24, 2.45) is 0 Å². The lowest BCUT2D eigenvalue weighted by atomic mass is 10.1. The van der Waals surface area contributed by atoms with Crippen molar-refractivity contribution in [1.29, 1.82) is 0 Å². The van der Waals surface area contributed by atoms with Gasteiger partial charge in [0.2, 0.25) is 7.37 Å². The number of aryl methyl sites for hydroxylation is 1. The molecular weight excluding hydrogens is 527 g/mol. The quantitative estimate of drug-likeness (QED) is 0.243. The summed E-state index contributed by atoms with van der Waals surface area (Å²) in [5, 5.41) is 15.3. The third kappa shape index (κ3) is 5.55. The number of halogens is 1. The van der Waals surface area contributed by atoms with Gasteiger partial charge in [0.15, 0.2) is 0 Å². The predicted octanol–water partition coefficient (Wildman–Crippen LogP) is 6.53. The molecule has 7 nitrogen and oxygen atoms in total. The van der Waals surface area contributed by atoms with Crippen molar-refractivity contribution in [2.45, 2.75) is 13.1 Å². The molecule has 2 aromatic heterocycles. The second kappa shape index (κ2) is 10.4. The molecular formula is C24H20ClN2O5PS2. The molecule has 1 unspecified atom stereocenters. The number of anilines is 1. The molecule has 1 atom stereocenters. The molecule has 0 bridgehead atoms. The minimum absolute atomic E-state index is 0.0636. The van der Waals surface area contributed by atoms with E-state index < -0.39 is 13.3 Å². The van der Waals surface area contributed by atoms with Crippen LogP contribution in [0, 0.1) is 6.92 Å². The Morgan fingerprint density at radius 3 is 2.51 bits per heavy atom. The molecule has 2 aromatic carbocycles. The van der Waals surface area contributed by atoms with Crippen LogP contribution in [-0.4, -0.2) is 29.1 Å². The molecule has 4 rings (SSSR count). The van der Waals surface area contributed by atoms with Gasteiger partial charge in [-0.2, -0.15) is 0 Å². The molecule has 2 heterocycles. The summed E-state index contributed by atoms with van der Waals surface area (Å²) in [6.45, 7) is 1.79. The van der Waals surface area contributed by atoms with Crippen LogP contribution in [-0.2, 0) is 15.3 Å². The topological polar surface area (TPSA) is 106 Å². The van der Waals surface area contributed by atoms with Crippen molar-refractivity contribution >= 4 is 64.5 Å². The Hall–Kier alpha value is -2.81. The fourth-order valence-electron chi connectivity index (χ4n) is 3.58. The lowest BCUT2D eigenvalue weighted by molar-refractivity contribution is 0.0701. The number of carboxylic acid groups (broad SMARTS) is 1. The minimum atomic E-state index is -3.39. The van der Waals surface area contributed by atoms with Crippen molar-refractivity contribution in [3.05, 3.63) is 86.1 Å². The van der Waals surface area contributed by atoms with Gasteiger partial charge in [-0.3, -0.25) is 9.36 Å². The number of thiazole rings is 1. The van der Waals surface area contributed by atoms with E-state index in [1.807, 2.05) is 0 Å². The number of benzene rings is 2. The van der Waals surface area contributed by atoms with Gasteiger partial charge in [0.1, 0.15) is 10.6 Å². The second-order valence-electron chi connectivity index (χ2n) is 7.62. The number of hydrogen-bond donors (Lipinski definition) is 2. The van der Waals surface area contributed by atoms with Crippen LogP contribution in [0.15, 0.2) is 59.4 Å². The summed E-state index contributed by atoms with van der Waals surface area (Å²) in [5.74, 6) is -1.41. The smallest absolute Gasteiger partial charge is 0.346 e. The summed E-state index contributed by atoms with van der Waals surface area (Å²) in [5.41, 5.74) is 4.42. The van der Waals surface area contributed by atoms with Crippen LogP contribution in [0.25, 0.3) is 10.4 Å². The van der Waals surface area contributed by atoms with Crippen LogP contribution >= 0.6 is 41.6 Å². The lowest BCUT2D eigenvalue weighted by Crippen LogP contribution is -2.12. The highest BCUT2D eigenvalue weighted by Crippen LogP contribution is 2.51. The van der Waals surface area contributed by atoms with Gasteiger partial charge in [0.05, 0.1) is 11.7 Å². The third-order valence-electron chi connectivity index (χ3n) is 5.29. The summed E-state index contributed by atoms with van der Waals surface area (Å²) in [4.78, 5) is 29.0. The number of nitrogens with zero attached hydrogens (tertiary/aromatic N) is 1. The fourth-order valence-corrected chi connectivity index (χ4v) is 7.57. The highest BCUT2D eigenvalue weighted by Gasteiger charge is 2.30. The number of hydrogen-bond acceptors (Lipinski definition) is 7. The first-order chi connectivity index (χ1) is 16.7. The Balaban J connectivity index is 1.61. The Morgan fingerprint density at radius 1 is 1.17 bits per heavy atom. The highest BCUT2D eigenvalue weighted by atomic mass is 35.5. The van der Waals surface area contributed by atoms with Crippen LogP contribution in [0.2, 0.25) is 5.02 Å². The van der Waals surface area contributed by atoms with Crippen LogP contribution in [0.3, 0.4) is 0 Å². The molecule has 0 fully saturated rings. The molecule has 0 saturated carbocycles. The molecule has 35 heavy (non-hydrogen) atoms. The number of carboxylic acids is 1. The van der Waals surface area contributed by atoms with Gasteiger partial charge in [-0.15, -0.1) is 22.7 Å². The Labute approximate surface area is 214 Å². The summed E-state index contributed by atoms with van der Waals surface area (Å²) in [6, 6.07) is 13.8. The zero-order valence-electron chi connectivity index (χ0n) is 18.6. The van der Waals surface area contributed by atoms with Crippen LogP contribution < -0.4 is 10.6 Å². The van der Waals surface area contributed by atoms with Crippen molar-refractivity contribution < 1.29 is 23.8 Å². The summed E-state index contributed by atoms with van der Waals surface area (Å²) in [6.07, 6.45) is -0.0636. The molecule has 0 saturated heterocycles. The van der Waals surface area contributed by atoms with Gasteiger partial charge < -0.3 is 14.9 Å². The highest BCUT2D eigenvalue weighted by molar-refractivity contribution is 7.66. The number of rotatable bonds is 8. The van der Waals surface area contributed by atoms with Crippen LogP contribution in [0.4, 0.5) is 5.69 Å². The first kappa shape index (κ1) is 25.3. The zero-order chi connectivity index (χ0) is 25.2. The zero-order valence-corrected chi connectivity index (χ0v) is 21.9. The van der Waals surface area contributed by atoms with Crippen molar-refractivity contribution in [1.82, 2.24) is 4.98 Å². The average molecular weight is 547 g/mol. The van der Waals surface area contributed by atoms with Gasteiger partial charge in [-0.05, 0) is 60.0 Å². The van der Waals surface area contributed by atoms with Gasteiger partial charge in [-0.1, -0.05) is 23.7 Å². The van der Waals surface area contributed by atoms with Gasteiger partial charge >= 0.3 is 5.97 Å². The first-order valence-corrected chi connectivity index (χ1v) is 14.2. The van der Waals surface area contributed by atoms with Crippen LogP contribution in [0.1, 0.15) is 31.3 Å². The number of aromatic carboxylic acids is 1. The molecule has 0 aliphatic heterocycles. The van der Waals surface area contributed by atoms with Crippen molar-refractivity contribution in [3.8, 4) is 10.4 Å². The average Bonchev–Trinajstić information content (AvgIpc) is 3.50. The molecule has 0 radical (unpaired) electrons. The lowest BCUT2D eigenvalue weighted by Gasteiger charge is -2.18. The monoisotopic (exact) mass is 546 g/mol. The van der Waals surface area contributed by atoms with Gasteiger partial charge in [-0.25, -0.2) is 9.78 Å². The number of aromatic nitrogens is 1. The van der Waals surface area contributed by atoms with E-state index in [1.165, 1.54) is 18.4 Å². The molecule has 180 valence electrons. The maximum Gasteiger partial charge on any atom is 0.346 e. The maximum absolute atomic E-state index is 13.8. The predicted molar refractivity (Wildman–Crippen MR) is 141 cm³/mol. The van der Waals surface area contributed by atoms with Crippen LogP contribution in [0.5, 0.6) is 0 Å². The maximum atomic E-state index is 13.8. The van der Waals surface area contributed by atoms with E-state index in [-0.39, 0.29) is 16.9 Å². The Kier molecular flexibility index (Phi) is 7.54. The fraction of sp³-hybridized carbons (Fsp3) is 0.125. The standard InChI is InChI=1S/C24H20ClN2O5PS2/c1-14-9-17(25)5-8-20(14)33(31,32-2)11-16-10-21(35-22(16)24(29)30)15-3-6-18(7-4-15)27-23(28)19-12-34-13-26-19/h3-10,12-13H,11H2,1-2H3,(H,27,28)(H,29,30). The van der Waals surface area contributed by atoms with E-state index in [4.69, 9.17) is 16.1 Å². The number of thiophene rings is 1. The van der Waals surface area contributed by atoms with E-state index in [0.29, 0.717) is 37.7 Å². The SMILES string of the molecule is COP(=O)(Cc1cc(-c2ccc(NC(=O)c3cscn3)cc2)sc1C(=O)O)c1ccc(Cl)cc1C. The van der Waals surface area contributed by atoms with E-state index in [2.05, 4.69) is 10.3 Å². The number of carbonyl (C=O) groups excluding carboxylic acids is 1. The number of amides is 1. The summed E-state index contributed by atoms with van der Waals surface area (Å²) >= 11 is 8.48. The van der Waals surface area contributed by atoms with E-state index in [9.17, 15) is 19.3 Å². The molecule has 1 amide bonds. The van der Waals surface area contributed by atoms with Crippen molar-refractivity contribution in [3.63, 3.8) is 0 Å². The second-order valence-corrected chi connectivity index (χ2v) is 12.3. The Morgan fingerprint density at radius 2 is 1.91 bits per heavy atom. The molecule has 2 N–H and O–H groups in total. The van der Waals surface area contributed by atoms with E-state index in [0.717, 1.165) is 16.9 Å². The third-order valence-corrected chi connectivity index (χ3v) is 9.91. The normalized spacial score (nSPS) is 12.8. The Bertz CT molecular complexity index is 1430. The van der Waals surface area contributed by atoms with Gasteiger partial charge in [0, 0.05) is 33.4 Å². The molecule has 0 aliphatic carbocycles. The molecule has 0 spiro atoms. The number of carbonyl (C=O) groups is 2. The summed E-state index contributed by atoms with van der Waals surface area (Å²) in [7, 11) is -2.03. The molecule has 11 heteroatoms. The largest absolute Gasteiger partial charge is 0.477 e.